The molecule has 0 N–H and O–H groups in total. The fraction of sp³-hybridized carbons (Fsp3) is 0.417. The number of hydrogen-bond donors (Lipinski definition) is 0. The van der Waals surface area contributed by atoms with Crippen LogP contribution in [0.4, 0.5) is 9.52 Å². The molecular formula is C24H23FN2O5S. The number of thiazole rings is 1. The minimum Gasteiger partial charge on any atom is -0.483 e. The van der Waals surface area contributed by atoms with Gasteiger partial charge in [-0.25, -0.2) is 14.2 Å². The molecule has 0 bridgehead atoms. The lowest BCUT2D eigenvalue weighted by Crippen LogP contribution is -2.41. The summed E-state index contributed by atoms with van der Waals surface area (Å²) in [4.78, 5) is 45.6. The van der Waals surface area contributed by atoms with Crippen molar-refractivity contribution in [2.45, 2.75) is 45.3 Å². The predicted octanol–water partition coefficient (Wildman–Crippen LogP) is 4.12. The number of fused-ring (bicyclic) bond motifs is 1. The zero-order chi connectivity index (χ0) is 23.4. The van der Waals surface area contributed by atoms with E-state index < -0.39 is 23.7 Å². The lowest BCUT2D eigenvalue weighted by Gasteiger charge is -2.37. The van der Waals surface area contributed by atoms with Crippen molar-refractivity contribution < 1.29 is 28.2 Å². The number of aromatic nitrogens is 1. The van der Waals surface area contributed by atoms with Gasteiger partial charge in [0.2, 0.25) is 0 Å². The fourth-order valence-corrected chi connectivity index (χ4v) is 6.01. The van der Waals surface area contributed by atoms with E-state index in [0.717, 1.165) is 17.8 Å². The summed E-state index contributed by atoms with van der Waals surface area (Å²) in [6.45, 7) is 3.77. The summed E-state index contributed by atoms with van der Waals surface area (Å²) in [5.41, 5.74) is 1.28. The molecule has 2 aliphatic heterocycles. The van der Waals surface area contributed by atoms with E-state index in [0.29, 0.717) is 30.0 Å². The van der Waals surface area contributed by atoms with Crippen LogP contribution >= 0.6 is 11.3 Å². The van der Waals surface area contributed by atoms with Crippen LogP contribution in [-0.2, 0) is 19.1 Å². The summed E-state index contributed by atoms with van der Waals surface area (Å²) < 4.78 is 24.7. The molecule has 1 aromatic carbocycles. The van der Waals surface area contributed by atoms with Gasteiger partial charge in [-0.2, -0.15) is 0 Å². The maximum absolute atomic E-state index is 13.7. The van der Waals surface area contributed by atoms with E-state index in [1.807, 2.05) is 0 Å². The van der Waals surface area contributed by atoms with Crippen molar-refractivity contribution in [3.05, 3.63) is 57.5 Å². The smallest absolute Gasteiger partial charge is 0.350 e. The number of carbonyl (C=O) groups excluding carboxylic acids is 3. The third-order valence-corrected chi connectivity index (χ3v) is 7.79. The van der Waals surface area contributed by atoms with Gasteiger partial charge in [0.15, 0.2) is 16.7 Å². The standard InChI is InChI=1S/C24H23FN2O5S/c1-11-4-9-16-15(10-11)19(28)17-18(13-5-7-14(25)8-6-13)27(22(29)20(17)32-16)24-26-12(2)21(33-24)23(30)31-3/h5-8,11,15-16,18H,4,9-10H2,1-3H3. The molecule has 0 spiro atoms. The summed E-state index contributed by atoms with van der Waals surface area (Å²) in [7, 11) is 1.28. The molecule has 4 atom stereocenters. The molecule has 1 aromatic heterocycles. The van der Waals surface area contributed by atoms with Crippen LogP contribution in [0.1, 0.15) is 53.2 Å². The number of aryl methyl sites for hydroxylation is 1. The molecule has 33 heavy (non-hydrogen) atoms. The van der Waals surface area contributed by atoms with Crippen LogP contribution in [-0.4, -0.2) is 35.9 Å². The van der Waals surface area contributed by atoms with Gasteiger partial charge in [-0.3, -0.25) is 14.5 Å². The van der Waals surface area contributed by atoms with Crippen LogP contribution in [0.5, 0.6) is 0 Å². The fourth-order valence-electron chi connectivity index (χ4n) is 5.00. The van der Waals surface area contributed by atoms with E-state index in [1.165, 1.54) is 24.1 Å². The van der Waals surface area contributed by atoms with Crippen LogP contribution in [0.15, 0.2) is 35.6 Å². The van der Waals surface area contributed by atoms with Crippen molar-refractivity contribution in [1.29, 1.82) is 0 Å². The zero-order valence-electron chi connectivity index (χ0n) is 18.5. The van der Waals surface area contributed by atoms with Crippen molar-refractivity contribution in [2.75, 3.05) is 12.0 Å². The lowest BCUT2D eigenvalue weighted by molar-refractivity contribution is -0.132. The molecule has 0 radical (unpaired) electrons. The topological polar surface area (TPSA) is 85.8 Å². The van der Waals surface area contributed by atoms with Crippen molar-refractivity contribution in [1.82, 2.24) is 4.98 Å². The van der Waals surface area contributed by atoms with Crippen molar-refractivity contribution in [3.63, 3.8) is 0 Å². The Bertz CT molecular complexity index is 1190. The van der Waals surface area contributed by atoms with Gasteiger partial charge in [-0.15, -0.1) is 0 Å². The molecule has 5 rings (SSSR count). The van der Waals surface area contributed by atoms with Crippen LogP contribution in [0, 0.1) is 24.6 Å². The number of Topliss-reactive ketones (excluding diaryl/α,β-unsaturated/α-hetero) is 1. The number of ether oxygens (including phenoxy) is 2. The Balaban J connectivity index is 1.63. The van der Waals surface area contributed by atoms with Gasteiger partial charge < -0.3 is 9.47 Å². The number of halogens is 1. The molecule has 1 amide bonds. The normalized spacial score (nSPS) is 26.7. The maximum atomic E-state index is 13.7. The van der Waals surface area contributed by atoms with Crippen LogP contribution in [0.3, 0.4) is 0 Å². The Morgan fingerprint density at radius 2 is 1.97 bits per heavy atom. The number of ketones is 1. The molecule has 4 unspecified atom stereocenters. The van der Waals surface area contributed by atoms with Gasteiger partial charge in [0.05, 0.1) is 30.3 Å². The van der Waals surface area contributed by atoms with E-state index >= 15 is 0 Å². The Hall–Kier alpha value is -3.07. The molecule has 3 heterocycles. The first-order chi connectivity index (χ1) is 15.8. The molecule has 9 heteroatoms. The highest BCUT2D eigenvalue weighted by Crippen LogP contribution is 2.49. The molecule has 1 aliphatic carbocycles. The van der Waals surface area contributed by atoms with Crippen LogP contribution in [0.2, 0.25) is 0 Å². The van der Waals surface area contributed by atoms with Crippen LogP contribution in [0.25, 0.3) is 0 Å². The van der Waals surface area contributed by atoms with E-state index in [2.05, 4.69) is 11.9 Å². The molecule has 0 saturated heterocycles. The second-order valence-corrected chi connectivity index (χ2v) is 9.80. The van der Waals surface area contributed by atoms with E-state index in [-0.39, 0.29) is 39.1 Å². The third kappa shape index (κ3) is 3.45. The van der Waals surface area contributed by atoms with Gasteiger partial charge in [-0.05, 0) is 49.8 Å². The minimum absolute atomic E-state index is 0.0394. The first kappa shape index (κ1) is 21.8. The monoisotopic (exact) mass is 470 g/mol. The molecular weight excluding hydrogens is 447 g/mol. The van der Waals surface area contributed by atoms with Crippen LogP contribution < -0.4 is 4.90 Å². The number of carbonyl (C=O) groups is 3. The summed E-state index contributed by atoms with van der Waals surface area (Å²) in [6, 6.07) is 4.89. The zero-order valence-corrected chi connectivity index (χ0v) is 19.3. The highest BCUT2D eigenvalue weighted by Gasteiger charge is 2.53. The summed E-state index contributed by atoms with van der Waals surface area (Å²) in [6.07, 6.45) is 2.03. The number of hydrogen-bond acceptors (Lipinski definition) is 7. The molecule has 3 aliphatic rings. The number of methoxy groups -OCH3 is 1. The average Bonchev–Trinajstić information content (AvgIpc) is 3.32. The Labute approximate surface area is 194 Å². The lowest BCUT2D eigenvalue weighted by atomic mass is 9.74. The van der Waals surface area contributed by atoms with Crippen molar-refractivity contribution in [3.8, 4) is 0 Å². The second-order valence-electron chi connectivity index (χ2n) is 8.82. The van der Waals surface area contributed by atoms with E-state index in [9.17, 15) is 18.8 Å². The molecule has 7 nitrogen and oxygen atoms in total. The second kappa shape index (κ2) is 8.06. The number of esters is 1. The van der Waals surface area contributed by atoms with Gasteiger partial charge in [0, 0.05) is 0 Å². The van der Waals surface area contributed by atoms with Gasteiger partial charge >= 0.3 is 5.97 Å². The first-order valence-electron chi connectivity index (χ1n) is 10.9. The summed E-state index contributed by atoms with van der Waals surface area (Å²) in [5, 5.41) is 0.259. The quantitative estimate of drug-likeness (QED) is 0.628. The van der Waals surface area contributed by atoms with Gasteiger partial charge in [-0.1, -0.05) is 30.4 Å². The maximum Gasteiger partial charge on any atom is 0.350 e. The summed E-state index contributed by atoms with van der Waals surface area (Å²) in [5.74, 6) is -1.43. The third-order valence-electron chi connectivity index (χ3n) is 6.66. The molecule has 2 aromatic rings. The first-order valence-corrected chi connectivity index (χ1v) is 11.7. The summed E-state index contributed by atoms with van der Waals surface area (Å²) >= 11 is 1.02. The average molecular weight is 471 g/mol. The number of benzene rings is 1. The largest absolute Gasteiger partial charge is 0.483 e. The highest BCUT2D eigenvalue weighted by atomic mass is 32.1. The Kier molecular flexibility index (Phi) is 5.31. The molecule has 1 fully saturated rings. The van der Waals surface area contributed by atoms with Crippen molar-refractivity contribution in [2.24, 2.45) is 11.8 Å². The number of rotatable bonds is 3. The molecule has 1 saturated carbocycles. The predicted molar refractivity (Wildman–Crippen MR) is 118 cm³/mol. The van der Waals surface area contributed by atoms with E-state index in [4.69, 9.17) is 9.47 Å². The van der Waals surface area contributed by atoms with Crippen molar-refractivity contribution >= 4 is 34.1 Å². The number of nitrogens with zero attached hydrogens (tertiary/aromatic N) is 2. The van der Waals surface area contributed by atoms with Gasteiger partial charge in [0.25, 0.3) is 5.91 Å². The van der Waals surface area contributed by atoms with Gasteiger partial charge in [0.1, 0.15) is 16.8 Å². The number of anilines is 1. The highest BCUT2D eigenvalue weighted by molar-refractivity contribution is 7.17. The Morgan fingerprint density at radius 1 is 1.24 bits per heavy atom. The minimum atomic E-state index is -0.810. The number of amides is 1. The van der Waals surface area contributed by atoms with E-state index in [1.54, 1.807) is 19.1 Å². The SMILES string of the molecule is COC(=O)c1sc(N2C(=O)C3=C(C(=O)C4CC(C)CCC4O3)C2c2ccc(F)cc2)nc1C. The Morgan fingerprint density at radius 3 is 2.67 bits per heavy atom. The molecule has 172 valence electrons.